The fraction of sp³-hybridized carbons (Fsp3) is 0.125. The summed E-state index contributed by atoms with van der Waals surface area (Å²) in [5.41, 5.74) is 5.15. The third-order valence-corrected chi connectivity index (χ3v) is 5.78. The van der Waals surface area contributed by atoms with Crippen LogP contribution in [0, 0.1) is 20.8 Å². The average molecular weight is 502 g/mol. The van der Waals surface area contributed by atoms with Crippen LogP contribution in [0.25, 0.3) is 22.5 Å². The minimum atomic E-state index is -0.242. The van der Waals surface area contributed by atoms with Crippen molar-refractivity contribution < 1.29 is 4.79 Å². The molecule has 1 amide bonds. The summed E-state index contributed by atoms with van der Waals surface area (Å²) in [7, 11) is 0. The van der Waals surface area contributed by atoms with Crippen LogP contribution in [0.4, 0.5) is 5.82 Å². The quantitative estimate of drug-likeness (QED) is 0.376. The summed E-state index contributed by atoms with van der Waals surface area (Å²) < 4.78 is 4.24. The second-order valence-electron chi connectivity index (χ2n) is 7.83. The lowest BCUT2D eigenvalue weighted by Crippen LogP contribution is -2.15. The molecule has 0 atom stereocenters. The molecule has 2 aromatic carbocycles. The lowest BCUT2D eigenvalue weighted by atomic mass is 10.1. The zero-order valence-electron chi connectivity index (χ0n) is 18.2. The van der Waals surface area contributed by atoms with Gasteiger partial charge in [0.25, 0.3) is 5.91 Å². The van der Waals surface area contributed by atoms with Gasteiger partial charge in [-0.15, -0.1) is 0 Å². The smallest absolute Gasteiger partial charge is 0.256 e. The number of benzene rings is 2. The summed E-state index contributed by atoms with van der Waals surface area (Å²) >= 11 is 3.41. The van der Waals surface area contributed by atoms with Crippen molar-refractivity contribution in [1.82, 2.24) is 29.5 Å². The van der Waals surface area contributed by atoms with Gasteiger partial charge in [0.2, 0.25) is 0 Å². The van der Waals surface area contributed by atoms with E-state index in [4.69, 9.17) is 0 Å². The zero-order chi connectivity index (χ0) is 23.1. The number of nitrogens with one attached hydrogen (secondary N) is 1. The van der Waals surface area contributed by atoms with E-state index >= 15 is 0 Å². The fourth-order valence-electron chi connectivity index (χ4n) is 3.79. The minimum absolute atomic E-state index is 0.242. The summed E-state index contributed by atoms with van der Waals surface area (Å²) in [6, 6.07) is 15.2. The first kappa shape index (κ1) is 21.0. The normalized spacial score (nSPS) is 11.2. The van der Waals surface area contributed by atoms with Crippen molar-refractivity contribution in [3.05, 3.63) is 87.9 Å². The number of carbonyl (C=O) groups excluding carboxylic acids is 1. The van der Waals surface area contributed by atoms with Gasteiger partial charge in [-0.2, -0.15) is 14.9 Å². The molecule has 0 unspecified atom stereocenters. The van der Waals surface area contributed by atoms with Crippen LogP contribution in [-0.2, 0) is 0 Å². The van der Waals surface area contributed by atoms with Gasteiger partial charge in [0, 0.05) is 16.1 Å². The third kappa shape index (κ3) is 3.91. The third-order valence-electron chi connectivity index (χ3n) is 5.29. The van der Waals surface area contributed by atoms with Gasteiger partial charge in [0.1, 0.15) is 12.1 Å². The molecule has 3 heterocycles. The van der Waals surface area contributed by atoms with Crippen LogP contribution in [0.15, 0.2) is 65.5 Å². The Bertz CT molecular complexity index is 1520. The van der Waals surface area contributed by atoms with Gasteiger partial charge in [-0.1, -0.05) is 39.7 Å². The van der Waals surface area contributed by atoms with Gasteiger partial charge in [-0.25, -0.2) is 14.6 Å². The highest BCUT2D eigenvalue weighted by molar-refractivity contribution is 9.10. The molecule has 0 fully saturated rings. The highest BCUT2D eigenvalue weighted by atomic mass is 79.9. The molecule has 1 N–H and O–H groups in total. The number of fused-ring (bicyclic) bond motifs is 1. The van der Waals surface area contributed by atoms with E-state index in [9.17, 15) is 4.79 Å². The monoisotopic (exact) mass is 501 g/mol. The van der Waals surface area contributed by atoms with Gasteiger partial charge in [-0.05, 0) is 50.6 Å². The number of halogens is 1. The Morgan fingerprint density at radius 3 is 2.64 bits per heavy atom. The molecule has 8 nitrogen and oxygen atoms in total. The number of aromatic nitrogens is 6. The molecule has 0 radical (unpaired) electrons. The van der Waals surface area contributed by atoms with E-state index in [0.717, 1.165) is 26.8 Å². The van der Waals surface area contributed by atoms with Crippen LogP contribution >= 0.6 is 15.9 Å². The Hall–Kier alpha value is -3.85. The highest BCUT2D eigenvalue weighted by Gasteiger charge is 2.18. The number of aryl methyl sites for hydroxylation is 3. The maximum Gasteiger partial charge on any atom is 0.256 e. The molecule has 0 aliphatic heterocycles. The number of rotatable bonds is 4. The number of amides is 1. The molecule has 0 bridgehead atoms. The van der Waals surface area contributed by atoms with Crippen molar-refractivity contribution in [3.63, 3.8) is 0 Å². The second-order valence-corrected chi connectivity index (χ2v) is 8.74. The molecule has 0 spiro atoms. The van der Waals surface area contributed by atoms with E-state index in [2.05, 4.69) is 54.4 Å². The van der Waals surface area contributed by atoms with E-state index < -0.39 is 0 Å². The molecule has 164 valence electrons. The topological polar surface area (TPSA) is 90.5 Å². The molecule has 0 aliphatic rings. The van der Waals surface area contributed by atoms with Crippen LogP contribution < -0.4 is 5.32 Å². The Balaban J connectivity index is 1.58. The van der Waals surface area contributed by atoms with Gasteiger partial charge in [0.05, 0.1) is 23.0 Å². The van der Waals surface area contributed by atoms with Crippen LogP contribution in [-0.4, -0.2) is 35.4 Å². The molecule has 5 aromatic rings. The van der Waals surface area contributed by atoms with Crippen molar-refractivity contribution in [1.29, 1.82) is 0 Å². The van der Waals surface area contributed by atoms with E-state index in [0.29, 0.717) is 22.8 Å². The van der Waals surface area contributed by atoms with Crippen LogP contribution in [0.1, 0.15) is 27.2 Å². The SMILES string of the molecule is Cc1ccc(-n2ncc3c(-n4nc(C)cc4NC(=O)c4cccc(Br)c4)ncnc32)c(C)c1. The maximum atomic E-state index is 12.9. The standard InChI is InChI=1S/C24H20BrN7O/c1-14-7-8-20(15(2)9-14)31-22-19(12-28-31)23(27-13-26-22)32-21(10-16(3)30-32)29-24(33)17-5-4-6-18(25)11-17/h4-13H,1-3H3,(H,29,33). The molecule has 0 aliphatic carbocycles. The van der Waals surface area contributed by atoms with Crippen molar-refractivity contribution in [2.45, 2.75) is 20.8 Å². The van der Waals surface area contributed by atoms with E-state index in [-0.39, 0.29) is 5.91 Å². The van der Waals surface area contributed by atoms with Gasteiger partial charge in [0.15, 0.2) is 11.5 Å². The maximum absolute atomic E-state index is 12.9. The Labute approximate surface area is 198 Å². The van der Waals surface area contributed by atoms with E-state index in [1.807, 2.05) is 38.1 Å². The fourth-order valence-corrected chi connectivity index (χ4v) is 4.19. The molecule has 3 aromatic heterocycles. The number of hydrogen-bond acceptors (Lipinski definition) is 5. The summed E-state index contributed by atoms with van der Waals surface area (Å²) in [5, 5.41) is 12.8. The van der Waals surface area contributed by atoms with Crippen molar-refractivity contribution in [3.8, 4) is 11.5 Å². The lowest BCUT2D eigenvalue weighted by Gasteiger charge is -2.10. The zero-order valence-corrected chi connectivity index (χ0v) is 19.8. The number of nitrogens with zero attached hydrogens (tertiary/aromatic N) is 6. The predicted octanol–water partition coefficient (Wildman–Crippen LogP) is 4.94. The summed E-state index contributed by atoms with van der Waals surface area (Å²) in [4.78, 5) is 21.8. The Kier molecular flexibility index (Phi) is 5.26. The van der Waals surface area contributed by atoms with Gasteiger partial charge < -0.3 is 5.32 Å². The van der Waals surface area contributed by atoms with E-state index in [1.165, 1.54) is 11.9 Å². The first-order valence-electron chi connectivity index (χ1n) is 10.3. The molecule has 9 heteroatoms. The molecular weight excluding hydrogens is 482 g/mol. The Morgan fingerprint density at radius 2 is 1.85 bits per heavy atom. The second kappa shape index (κ2) is 8.25. The first-order chi connectivity index (χ1) is 15.9. The van der Waals surface area contributed by atoms with Crippen LogP contribution in [0.2, 0.25) is 0 Å². The van der Waals surface area contributed by atoms with Gasteiger partial charge >= 0.3 is 0 Å². The molecule has 0 saturated carbocycles. The van der Waals surface area contributed by atoms with Gasteiger partial charge in [-0.3, -0.25) is 4.79 Å². The number of carbonyl (C=O) groups is 1. The van der Waals surface area contributed by atoms with Crippen LogP contribution in [0.5, 0.6) is 0 Å². The van der Waals surface area contributed by atoms with Crippen molar-refractivity contribution in [2.75, 3.05) is 5.32 Å². The lowest BCUT2D eigenvalue weighted by molar-refractivity contribution is 0.102. The van der Waals surface area contributed by atoms with Crippen LogP contribution in [0.3, 0.4) is 0 Å². The van der Waals surface area contributed by atoms with E-state index in [1.54, 1.807) is 33.8 Å². The molecule has 0 saturated heterocycles. The largest absolute Gasteiger partial charge is 0.306 e. The van der Waals surface area contributed by atoms with Crippen molar-refractivity contribution >= 4 is 38.7 Å². The minimum Gasteiger partial charge on any atom is -0.306 e. The summed E-state index contributed by atoms with van der Waals surface area (Å²) in [6.07, 6.45) is 3.21. The average Bonchev–Trinajstić information content (AvgIpc) is 3.37. The predicted molar refractivity (Wildman–Crippen MR) is 130 cm³/mol. The molecule has 5 rings (SSSR count). The number of hydrogen-bond donors (Lipinski definition) is 1. The summed E-state index contributed by atoms with van der Waals surface area (Å²) in [5.74, 6) is 0.805. The Morgan fingerprint density at radius 1 is 1.00 bits per heavy atom. The summed E-state index contributed by atoms with van der Waals surface area (Å²) in [6.45, 7) is 5.97. The van der Waals surface area contributed by atoms with Crippen molar-refractivity contribution in [2.24, 2.45) is 0 Å². The molecular formula is C24H20BrN7O. The number of anilines is 1. The highest BCUT2D eigenvalue weighted by Crippen LogP contribution is 2.26. The first-order valence-corrected chi connectivity index (χ1v) is 11.1. The molecule has 33 heavy (non-hydrogen) atoms.